The lowest BCUT2D eigenvalue weighted by molar-refractivity contribution is -0.138. The van der Waals surface area contributed by atoms with Crippen molar-refractivity contribution in [2.45, 2.75) is 24.5 Å². The molecule has 4 rings (SSSR count). The van der Waals surface area contributed by atoms with Crippen molar-refractivity contribution in [2.24, 2.45) is 7.05 Å². The average molecular weight is 440 g/mol. The van der Waals surface area contributed by atoms with Gasteiger partial charge in [-0.3, -0.25) is 15.0 Å². The molecule has 0 saturated carbocycles. The van der Waals surface area contributed by atoms with Gasteiger partial charge in [0.05, 0.1) is 17.6 Å². The number of furan rings is 1. The Kier molecular flexibility index (Phi) is 5.27. The number of nitrogens with zero attached hydrogens (tertiary/aromatic N) is 4. The van der Waals surface area contributed by atoms with Crippen LogP contribution in [0.3, 0.4) is 0 Å². The number of aromatic nitrogens is 3. The Morgan fingerprint density at radius 2 is 1.97 bits per heavy atom. The fraction of sp³-hybridized carbons (Fsp3) is 0.250. The van der Waals surface area contributed by atoms with Gasteiger partial charge in [-0.1, -0.05) is 42.1 Å². The van der Waals surface area contributed by atoms with E-state index in [1.165, 1.54) is 0 Å². The molecular weight excluding hydrogens is 420 g/mol. The number of aryl methyl sites for hydroxylation is 1. The maximum absolute atomic E-state index is 12.9. The molecule has 0 unspecified atom stereocenters. The van der Waals surface area contributed by atoms with Crippen molar-refractivity contribution in [3.05, 3.63) is 54.0 Å². The van der Waals surface area contributed by atoms with Gasteiger partial charge in [0.1, 0.15) is 11.3 Å². The third-order valence-corrected chi connectivity index (χ3v) is 6.07. The van der Waals surface area contributed by atoms with Crippen molar-refractivity contribution < 1.29 is 18.8 Å². The molecule has 160 valence electrons. The van der Waals surface area contributed by atoms with E-state index in [2.05, 4.69) is 20.9 Å². The number of carbonyl (C=O) groups excluding carboxylic acids is 3. The van der Waals surface area contributed by atoms with Gasteiger partial charge in [0.2, 0.25) is 5.91 Å². The number of hydrogen-bond donors (Lipinski definition) is 2. The number of carbonyl (C=O) groups is 3. The van der Waals surface area contributed by atoms with E-state index in [1.807, 2.05) is 13.0 Å². The number of amides is 4. The first kappa shape index (κ1) is 20.7. The second-order valence-electron chi connectivity index (χ2n) is 7.14. The molecule has 1 saturated heterocycles. The number of urea groups is 1. The second-order valence-corrected chi connectivity index (χ2v) is 8.08. The first-order valence-corrected chi connectivity index (χ1v) is 10.4. The summed E-state index contributed by atoms with van der Waals surface area (Å²) in [5.41, 5.74) is 2.56. The molecule has 0 spiro atoms. The zero-order valence-corrected chi connectivity index (χ0v) is 17.9. The quantitative estimate of drug-likeness (QED) is 0.444. The molecule has 1 atom stereocenters. The van der Waals surface area contributed by atoms with Crippen molar-refractivity contribution in [3.8, 4) is 11.4 Å². The molecule has 0 bridgehead atoms. The van der Waals surface area contributed by atoms with E-state index in [1.54, 1.807) is 55.1 Å². The number of benzene rings is 1. The highest BCUT2D eigenvalue weighted by molar-refractivity contribution is 7.99. The van der Waals surface area contributed by atoms with Crippen LogP contribution in [0.2, 0.25) is 0 Å². The first-order chi connectivity index (χ1) is 14.8. The van der Waals surface area contributed by atoms with Gasteiger partial charge in [0.25, 0.3) is 5.91 Å². The van der Waals surface area contributed by atoms with Gasteiger partial charge in [-0.05, 0) is 25.5 Å². The minimum absolute atomic E-state index is 0.0601. The SMILES string of the molecule is Cc1occc1-c1nnc(SCC(=O)NN2C(=O)N[C@](C)(c3ccccc3)C2=O)n1C. The molecule has 2 aromatic heterocycles. The highest BCUT2D eigenvalue weighted by atomic mass is 32.2. The Bertz CT molecular complexity index is 1160. The summed E-state index contributed by atoms with van der Waals surface area (Å²) >= 11 is 1.14. The predicted octanol–water partition coefficient (Wildman–Crippen LogP) is 1.97. The van der Waals surface area contributed by atoms with Crippen LogP contribution in [0.25, 0.3) is 11.4 Å². The summed E-state index contributed by atoms with van der Waals surface area (Å²) < 4.78 is 7.04. The highest BCUT2D eigenvalue weighted by Crippen LogP contribution is 2.28. The fourth-order valence-corrected chi connectivity index (χ4v) is 3.99. The van der Waals surface area contributed by atoms with Crippen LogP contribution in [0.4, 0.5) is 4.79 Å². The van der Waals surface area contributed by atoms with Crippen LogP contribution in [-0.2, 0) is 22.2 Å². The Morgan fingerprint density at radius 3 is 2.65 bits per heavy atom. The zero-order valence-electron chi connectivity index (χ0n) is 17.1. The van der Waals surface area contributed by atoms with Gasteiger partial charge in [-0.15, -0.1) is 10.2 Å². The Morgan fingerprint density at radius 1 is 1.23 bits per heavy atom. The summed E-state index contributed by atoms with van der Waals surface area (Å²) in [4.78, 5) is 37.6. The van der Waals surface area contributed by atoms with Crippen LogP contribution >= 0.6 is 11.8 Å². The van der Waals surface area contributed by atoms with Crippen molar-refractivity contribution in [1.29, 1.82) is 0 Å². The van der Waals surface area contributed by atoms with E-state index in [9.17, 15) is 14.4 Å². The number of imide groups is 1. The molecule has 3 heterocycles. The van der Waals surface area contributed by atoms with Gasteiger partial charge in [0.15, 0.2) is 11.0 Å². The first-order valence-electron chi connectivity index (χ1n) is 9.39. The van der Waals surface area contributed by atoms with E-state index >= 15 is 0 Å². The largest absolute Gasteiger partial charge is 0.469 e. The second kappa shape index (κ2) is 7.91. The van der Waals surface area contributed by atoms with E-state index in [4.69, 9.17) is 4.42 Å². The van der Waals surface area contributed by atoms with Crippen molar-refractivity contribution in [2.75, 3.05) is 5.75 Å². The maximum atomic E-state index is 12.9. The number of hydrazine groups is 1. The Balaban J connectivity index is 1.41. The van der Waals surface area contributed by atoms with E-state index in [-0.39, 0.29) is 5.75 Å². The van der Waals surface area contributed by atoms with Gasteiger partial charge in [-0.25, -0.2) is 4.79 Å². The summed E-state index contributed by atoms with van der Waals surface area (Å²) in [6.07, 6.45) is 1.57. The van der Waals surface area contributed by atoms with Crippen LogP contribution in [-0.4, -0.2) is 43.4 Å². The van der Waals surface area contributed by atoms with Crippen LogP contribution < -0.4 is 10.7 Å². The molecule has 1 aliphatic rings. The number of thioether (sulfide) groups is 1. The van der Waals surface area contributed by atoms with Crippen molar-refractivity contribution in [3.63, 3.8) is 0 Å². The lowest BCUT2D eigenvalue weighted by Crippen LogP contribution is -2.48. The van der Waals surface area contributed by atoms with Gasteiger partial charge < -0.3 is 14.3 Å². The number of hydrogen-bond acceptors (Lipinski definition) is 7. The number of nitrogens with one attached hydrogen (secondary N) is 2. The van der Waals surface area contributed by atoms with Crippen LogP contribution in [0.15, 0.2) is 52.2 Å². The average Bonchev–Trinajstić information content (AvgIpc) is 3.40. The molecule has 1 aromatic carbocycles. The lowest BCUT2D eigenvalue weighted by atomic mass is 9.92. The van der Waals surface area contributed by atoms with Crippen LogP contribution in [0, 0.1) is 6.92 Å². The third-order valence-electron chi connectivity index (χ3n) is 5.05. The monoisotopic (exact) mass is 440 g/mol. The minimum Gasteiger partial charge on any atom is -0.469 e. The molecule has 10 nitrogen and oxygen atoms in total. The van der Waals surface area contributed by atoms with E-state index in [0.717, 1.165) is 17.3 Å². The Labute approximate surface area is 182 Å². The molecule has 0 aliphatic carbocycles. The van der Waals surface area contributed by atoms with Gasteiger partial charge in [-0.2, -0.15) is 5.01 Å². The minimum atomic E-state index is -1.25. The van der Waals surface area contributed by atoms with E-state index in [0.29, 0.717) is 27.3 Å². The van der Waals surface area contributed by atoms with Crippen molar-refractivity contribution >= 4 is 29.6 Å². The summed E-state index contributed by atoms with van der Waals surface area (Å²) in [6, 6.07) is 9.96. The lowest BCUT2D eigenvalue weighted by Gasteiger charge is -2.22. The maximum Gasteiger partial charge on any atom is 0.344 e. The van der Waals surface area contributed by atoms with Crippen LogP contribution in [0.5, 0.6) is 0 Å². The Hall–Kier alpha value is -3.60. The normalized spacial score (nSPS) is 18.4. The standard InChI is InChI=1S/C20H20N6O4S/c1-12-14(9-10-30-12)16-22-23-19(25(16)3)31-11-15(27)24-26-17(28)20(2,21-18(26)29)13-7-5-4-6-8-13/h4-10H,11H2,1-3H3,(H,21,29)(H,24,27)/t20-/m1/s1. The molecule has 2 N–H and O–H groups in total. The molecule has 11 heteroatoms. The topological polar surface area (TPSA) is 122 Å². The summed E-state index contributed by atoms with van der Waals surface area (Å²) in [7, 11) is 1.78. The third kappa shape index (κ3) is 3.67. The smallest absolute Gasteiger partial charge is 0.344 e. The molecule has 3 aromatic rings. The predicted molar refractivity (Wildman–Crippen MR) is 111 cm³/mol. The summed E-state index contributed by atoms with van der Waals surface area (Å²) in [5, 5.41) is 12.1. The molecule has 1 fully saturated rings. The zero-order chi connectivity index (χ0) is 22.2. The molecule has 31 heavy (non-hydrogen) atoms. The summed E-state index contributed by atoms with van der Waals surface area (Å²) in [6.45, 7) is 3.42. The molecule has 1 aliphatic heterocycles. The summed E-state index contributed by atoms with van der Waals surface area (Å²) in [5.74, 6) is 0.190. The van der Waals surface area contributed by atoms with Gasteiger partial charge >= 0.3 is 6.03 Å². The fourth-order valence-electron chi connectivity index (χ4n) is 3.29. The molecule has 4 amide bonds. The van der Waals surface area contributed by atoms with Crippen molar-refractivity contribution in [1.82, 2.24) is 30.5 Å². The van der Waals surface area contributed by atoms with Crippen LogP contribution in [0.1, 0.15) is 18.2 Å². The number of rotatable bonds is 6. The molecule has 0 radical (unpaired) electrons. The molecular formula is C20H20N6O4S. The van der Waals surface area contributed by atoms with Gasteiger partial charge in [0, 0.05) is 7.05 Å². The van der Waals surface area contributed by atoms with E-state index < -0.39 is 23.4 Å². The highest BCUT2D eigenvalue weighted by Gasteiger charge is 2.49.